The lowest BCUT2D eigenvalue weighted by atomic mass is 10.3. The van der Waals surface area contributed by atoms with Crippen LogP contribution in [-0.2, 0) is 9.53 Å². The molecule has 0 aromatic heterocycles. The van der Waals surface area contributed by atoms with Gasteiger partial charge in [0.05, 0.1) is 12.7 Å². The van der Waals surface area contributed by atoms with Crippen molar-refractivity contribution in [3.05, 3.63) is 21.3 Å². The molecule has 2 nitrogen and oxygen atoms in total. The Hall–Kier alpha value is -0.320. The van der Waals surface area contributed by atoms with Crippen LogP contribution in [0.1, 0.15) is 6.42 Å². The number of methoxy groups -OCH3 is 1. The van der Waals surface area contributed by atoms with E-state index in [1.165, 1.54) is 7.11 Å². The van der Waals surface area contributed by atoms with E-state index in [9.17, 15) is 4.79 Å². The molecule has 0 fully saturated rings. The molecule has 54 valence electrons. The average molecular weight is 250 g/mol. The van der Waals surface area contributed by atoms with E-state index in [-0.39, 0.29) is 5.97 Å². The number of carbonyl (C=O) groups excluding carboxylic acids is 1. The predicted octanol–water partition coefficient (Wildman–Crippen LogP) is 1.81. The van der Waals surface area contributed by atoms with Gasteiger partial charge in [-0.05, 0) is 29.0 Å². The number of carbonyl (C=O) groups is 1. The van der Waals surface area contributed by atoms with Gasteiger partial charge in [-0.15, -0.1) is 0 Å². The molecule has 0 atom stereocenters. The van der Waals surface area contributed by atoms with Crippen molar-refractivity contribution in [2.75, 3.05) is 7.11 Å². The van der Waals surface area contributed by atoms with E-state index in [1.807, 2.05) is 12.2 Å². The van der Waals surface area contributed by atoms with Crippen molar-refractivity contribution in [2.45, 2.75) is 6.42 Å². The molecule has 0 radical (unpaired) electrons. The van der Waals surface area contributed by atoms with Gasteiger partial charge < -0.3 is 4.74 Å². The van der Waals surface area contributed by atoms with Crippen LogP contribution in [0.3, 0.4) is 0 Å². The van der Waals surface area contributed by atoms with Gasteiger partial charge in [0.1, 0.15) is 0 Å². The van der Waals surface area contributed by atoms with Crippen LogP contribution in [0.4, 0.5) is 0 Å². The van der Waals surface area contributed by atoms with Crippen molar-refractivity contribution < 1.29 is 9.53 Å². The maximum atomic E-state index is 10.9. The summed E-state index contributed by atoms with van der Waals surface area (Å²) in [5.41, 5.74) is 0.697. The zero-order chi connectivity index (χ0) is 7.56. The molecule has 0 unspecified atom stereocenters. The van der Waals surface area contributed by atoms with Crippen molar-refractivity contribution in [2.24, 2.45) is 0 Å². The molecule has 0 amide bonds. The van der Waals surface area contributed by atoms with E-state index >= 15 is 0 Å². The summed E-state index contributed by atoms with van der Waals surface area (Å²) in [4.78, 5) is 10.9. The Morgan fingerprint density at radius 1 is 1.70 bits per heavy atom. The van der Waals surface area contributed by atoms with Crippen LogP contribution < -0.4 is 0 Å². The van der Waals surface area contributed by atoms with Crippen molar-refractivity contribution in [3.8, 4) is 0 Å². The highest BCUT2D eigenvalue weighted by atomic mass is 127. The Labute approximate surface area is 73.1 Å². The summed E-state index contributed by atoms with van der Waals surface area (Å²) in [6.07, 6.45) is 4.71. The molecular formula is C7H7IO2. The number of allylic oxidation sites excluding steroid dienone is 2. The minimum Gasteiger partial charge on any atom is -0.465 e. The van der Waals surface area contributed by atoms with E-state index in [4.69, 9.17) is 0 Å². The van der Waals surface area contributed by atoms with E-state index in [0.29, 0.717) is 5.57 Å². The lowest BCUT2D eigenvalue weighted by molar-refractivity contribution is -0.135. The molecule has 1 aliphatic rings. The molecule has 0 bridgehead atoms. The smallest absolute Gasteiger partial charge is 0.338 e. The number of rotatable bonds is 1. The van der Waals surface area contributed by atoms with Crippen molar-refractivity contribution in [3.63, 3.8) is 0 Å². The van der Waals surface area contributed by atoms with Gasteiger partial charge in [-0.25, -0.2) is 4.79 Å². The summed E-state index contributed by atoms with van der Waals surface area (Å²) in [5.74, 6) is -0.238. The topological polar surface area (TPSA) is 26.3 Å². The Morgan fingerprint density at radius 3 is 2.80 bits per heavy atom. The zero-order valence-corrected chi connectivity index (χ0v) is 7.71. The summed E-state index contributed by atoms with van der Waals surface area (Å²) in [5, 5.41) is 0. The molecule has 1 rings (SSSR count). The number of ether oxygens (including phenoxy) is 1. The van der Waals surface area contributed by atoms with Crippen molar-refractivity contribution >= 4 is 28.6 Å². The maximum absolute atomic E-state index is 10.9. The summed E-state index contributed by atoms with van der Waals surface area (Å²) < 4.78 is 5.54. The highest BCUT2D eigenvalue weighted by Crippen LogP contribution is 2.25. The van der Waals surface area contributed by atoms with Crippen LogP contribution >= 0.6 is 22.6 Å². The summed E-state index contributed by atoms with van der Waals surface area (Å²) in [6.45, 7) is 0. The van der Waals surface area contributed by atoms with Gasteiger partial charge >= 0.3 is 5.97 Å². The molecule has 1 aliphatic carbocycles. The van der Waals surface area contributed by atoms with Gasteiger partial charge in [0.25, 0.3) is 0 Å². The fourth-order valence-corrected chi connectivity index (χ4v) is 1.47. The number of halogens is 1. The fraction of sp³-hybridized carbons (Fsp3) is 0.286. The van der Waals surface area contributed by atoms with Crippen molar-refractivity contribution in [1.29, 1.82) is 0 Å². The highest BCUT2D eigenvalue weighted by Gasteiger charge is 2.14. The first kappa shape index (κ1) is 7.78. The standard InChI is InChI=1S/C7H7IO2/c1-10-7(9)5-3-2-4-6(5)8/h3-4H,2H2,1H3. The molecule has 0 saturated heterocycles. The minimum atomic E-state index is -0.238. The summed E-state index contributed by atoms with van der Waals surface area (Å²) in [7, 11) is 1.39. The number of esters is 1. The first-order valence-corrected chi connectivity index (χ1v) is 3.98. The Morgan fingerprint density at radius 2 is 2.40 bits per heavy atom. The van der Waals surface area contributed by atoms with E-state index < -0.39 is 0 Å². The normalized spacial score (nSPS) is 16.2. The molecule has 0 aliphatic heterocycles. The largest absolute Gasteiger partial charge is 0.465 e. The van der Waals surface area contributed by atoms with Crippen LogP contribution in [0.5, 0.6) is 0 Å². The van der Waals surface area contributed by atoms with Crippen LogP contribution in [0.15, 0.2) is 21.3 Å². The second-order valence-corrected chi connectivity index (χ2v) is 3.06. The average Bonchev–Trinajstić information content (AvgIpc) is 2.34. The molecular weight excluding hydrogens is 243 g/mol. The fourth-order valence-electron chi connectivity index (χ4n) is 0.778. The molecule has 0 spiro atoms. The van der Waals surface area contributed by atoms with Gasteiger partial charge in [-0.2, -0.15) is 0 Å². The van der Waals surface area contributed by atoms with Crippen molar-refractivity contribution in [1.82, 2.24) is 0 Å². The lowest BCUT2D eigenvalue weighted by Crippen LogP contribution is -2.02. The third-order valence-electron chi connectivity index (χ3n) is 1.28. The van der Waals surface area contributed by atoms with Crippen LogP contribution in [0.2, 0.25) is 0 Å². The molecule has 0 aromatic carbocycles. The molecule has 0 aromatic rings. The maximum Gasteiger partial charge on any atom is 0.338 e. The predicted molar refractivity (Wildman–Crippen MR) is 46.8 cm³/mol. The van der Waals surface area contributed by atoms with Gasteiger partial charge in [-0.3, -0.25) is 0 Å². The number of hydrogen-bond donors (Lipinski definition) is 0. The Balaban J connectivity index is 2.75. The summed E-state index contributed by atoms with van der Waals surface area (Å²) >= 11 is 2.12. The summed E-state index contributed by atoms with van der Waals surface area (Å²) in [6, 6.07) is 0. The van der Waals surface area contributed by atoms with Gasteiger partial charge in [-0.1, -0.05) is 12.2 Å². The Bertz CT molecular complexity index is 216. The number of hydrogen-bond acceptors (Lipinski definition) is 2. The van der Waals surface area contributed by atoms with E-state index in [1.54, 1.807) is 0 Å². The second kappa shape index (κ2) is 3.18. The van der Waals surface area contributed by atoms with Gasteiger partial charge in [0, 0.05) is 3.58 Å². The third-order valence-corrected chi connectivity index (χ3v) is 2.30. The third kappa shape index (κ3) is 1.39. The molecule has 10 heavy (non-hydrogen) atoms. The van der Waals surface area contributed by atoms with Crippen LogP contribution in [0, 0.1) is 0 Å². The highest BCUT2D eigenvalue weighted by molar-refractivity contribution is 14.1. The molecule has 3 heteroatoms. The lowest BCUT2D eigenvalue weighted by Gasteiger charge is -1.97. The Kier molecular flexibility index (Phi) is 2.48. The van der Waals surface area contributed by atoms with Gasteiger partial charge in [0.15, 0.2) is 0 Å². The van der Waals surface area contributed by atoms with Crippen LogP contribution in [-0.4, -0.2) is 13.1 Å². The first-order valence-electron chi connectivity index (χ1n) is 2.90. The molecule has 0 N–H and O–H groups in total. The molecule has 0 heterocycles. The zero-order valence-electron chi connectivity index (χ0n) is 5.56. The van der Waals surface area contributed by atoms with Crippen LogP contribution in [0.25, 0.3) is 0 Å². The van der Waals surface area contributed by atoms with E-state index in [0.717, 1.165) is 10.0 Å². The minimum absolute atomic E-state index is 0.238. The van der Waals surface area contributed by atoms with E-state index in [2.05, 4.69) is 27.3 Å². The molecule has 0 saturated carbocycles. The quantitative estimate of drug-likeness (QED) is 0.524. The monoisotopic (exact) mass is 250 g/mol. The first-order chi connectivity index (χ1) is 4.75. The van der Waals surface area contributed by atoms with Gasteiger partial charge in [0.2, 0.25) is 0 Å². The SMILES string of the molecule is COC(=O)C1=CCC=C1I. The second-order valence-electron chi connectivity index (χ2n) is 1.90.